The summed E-state index contributed by atoms with van der Waals surface area (Å²) < 4.78 is 5.79. The molecule has 55 heavy (non-hydrogen) atoms. The molecule has 0 atom stereocenters. The van der Waals surface area contributed by atoms with Crippen LogP contribution in [0.15, 0.2) is 142 Å². The van der Waals surface area contributed by atoms with Crippen LogP contribution in [0.5, 0.6) is 11.5 Å². The molecule has 0 aliphatic rings. The third-order valence-corrected chi connectivity index (χ3v) is 9.41. The molecule has 7 aromatic rings. The molecule has 9 heteroatoms. The third kappa shape index (κ3) is 8.36. The molecule has 0 saturated carbocycles. The Balaban J connectivity index is 1.04. The van der Waals surface area contributed by atoms with Crippen LogP contribution in [0.3, 0.4) is 0 Å². The van der Waals surface area contributed by atoms with Crippen LogP contribution in [-0.2, 0) is 0 Å². The lowest BCUT2D eigenvalue weighted by Gasteiger charge is -2.12. The Hall–Kier alpha value is -6.87. The molecule has 0 spiro atoms. The van der Waals surface area contributed by atoms with Crippen LogP contribution in [0, 0.1) is 27.7 Å². The van der Waals surface area contributed by atoms with Gasteiger partial charge in [0.25, 0.3) is 5.91 Å². The predicted octanol–water partition coefficient (Wildman–Crippen LogP) is 13.5. The first-order valence-electron chi connectivity index (χ1n) is 18.3. The number of ether oxygens (including phenoxy) is 1. The fourth-order valence-corrected chi connectivity index (χ4v) is 6.33. The molecule has 7 rings (SSSR count). The number of aromatic hydroxyl groups is 1. The summed E-state index contributed by atoms with van der Waals surface area (Å²) in [6.07, 6.45) is 0.935. The summed E-state index contributed by atoms with van der Waals surface area (Å²) in [5.41, 5.74) is 8.95. The molecule has 0 unspecified atom stereocenters. The Bertz CT molecular complexity index is 2620. The van der Waals surface area contributed by atoms with E-state index < -0.39 is 0 Å². The maximum Gasteiger partial charge on any atom is 0.255 e. The van der Waals surface area contributed by atoms with Crippen LogP contribution in [0.4, 0.5) is 39.8 Å². The van der Waals surface area contributed by atoms with Crippen molar-refractivity contribution in [1.29, 1.82) is 0 Å². The van der Waals surface area contributed by atoms with Gasteiger partial charge in [-0.3, -0.25) is 4.79 Å². The number of rotatable bonds is 11. The number of para-hydroxylation sites is 1. The van der Waals surface area contributed by atoms with Gasteiger partial charge in [-0.1, -0.05) is 43.3 Å². The number of phenolic OH excluding ortho intramolecular Hbond substituents is 1. The minimum absolute atomic E-state index is 0.0713. The summed E-state index contributed by atoms with van der Waals surface area (Å²) in [7, 11) is 0. The summed E-state index contributed by atoms with van der Waals surface area (Å²) in [4.78, 5) is 13.4. The normalized spacial score (nSPS) is 11.5. The number of amides is 1. The minimum atomic E-state index is -0.194. The first-order chi connectivity index (χ1) is 26.6. The molecule has 0 heterocycles. The summed E-state index contributed by atoms with van der Waals surface area (Å²) in [6, 6.07) is 38.8. The monoisotopic (exact) mass is 726 g/mol. The Labute approximate surface area is 320 Å². The van der Waals surface area contributed by atoms with E-state index in [-0.39, 0.29) is 11.7 Å². The van der Waals surface area contributed by atoms with E-state index in [9.17, 15) is 9.90 Å². The number of nitrogens with zero attached hydrogens (tertiary/aromatic N) is 4. The zero-order valence-corrected chi connectivity index (χ0v) is 31.5. The van der Waals surface area contributed by atoms with Crippen molar-refractivity contribution in [2.24, 2.45) is 20.5 Å². The maximum absolute atomic E-state index is 13.4. The molecule has 9 nitrogen and oxygen atoms in total. The van der Waals surface area contributed by atoms with Gasteiger partial charge in [0.1, 0.15) is 11.4 Å². The Morgan fingerprint density at radius 3 is 1.89 bits per heavy atom. The van der Waals surface area contributed by atoms with Gasteiger partial charge < -0.3 is 20.5 Å². The highest BCUT2D eigenvalue weighted by atomic mass is 16.5. The smallest absolute Gasteiger partial charge is 0.255 e. The average Bonchev–Trinajstić information content (AvgIpc) is 3.18. The molecule has 0 aliphatic carbocycles. The van der Waals surface area contributed by atoms with E-state index >= 15 is 0 Å². The van der Waals surface area contributed by atoms with Gasteiger partial charge >= 0.3 is 0 Å². The van der Waals surface area contributed by atoms with E-state index in [0.717, 1.165) is 62.0 Å². The minimum Gasteiger partial charge on any atom is -0.505 e. The molecular weight excluding hydrogens is 685 g/mol. The Morgan fingerprint density at radius 1 is 0.582 bits per heavy atom. The average molecular weight is 727 g/mol. The molecular formula is C46H42N6O3. The number of carbonyl (C=O) groups excluding carboxylic acids is 1. The van der Waals surface area contributed by atoms with Crippen molar-refractivity contribution < 1.29 is 14.6 Å². The van der Waals surface area contributed by atoms with Gasteiger partial charge in [-0.05, 0) is 157 Å². The van der Waals surface area contributed by atoms with Gasteiger partial charge in [0.05, 0.1) is 23.7 Å². The van der Waals surface area contributed by atoms with Gasteiger partial charge in [-0.2, -0.15) is 15.3 Å². The van der Waals surface area contributed by atoms with Crippen molar-refractivity contribution in [3.63, 3.8) is 0 Å². The predicted molar refractivity (Wildman–Crippen MR) is 223 cm³/mol. The van der Waals surface area contributed by atoms with E-state index in [0.29, 0.717) is 46.0 Å². The lowest BCUT2D eigenvalue weighted by molar-refractivity contribution is 0.102. The highest BCUT2D eigenvalue weighted by Crippen LogP contribution is 2.38. The number of carbonyl (C=O) groups is 1. The van der Waals surface area contributed by atoms with Crippen LogP contribution in [0.1, 0.15) is 46.0 Å². The van der Waals surface area contributed by atoms with Gasteiger partial charge in [-0.25, -0.2) is 0 Å². The summed E-state index contributed by atoms with van der Waals surface area (Å²) >= 11 is 0. The SMILES string of the molecule is CCCOc1ccc2ccc(NC(=O)c3cc(C)c(N=Nc4cc(C)c(N=Nc5ccc6cc(Nc7ccccc7)ccc6c5O)cc4C)cc3C)cc2c1. The molecule has 1 amide bonds. The Morgan fingerprint density at radius 2 is 1.18 bits per heavy atom. The zero-order valence-electron chi connectivity index (χ0n) is 31.5. The van der Waals surface area contributed by atoms with Crippen molar-refractivity contribution in [1.82, 2.24) is 0 Å². The van der Waals surface area contributed by atoms with Crippen molar-refractivity contribution in [2.75, 3.05) is 17.2 Å². The van der Waals surface area contributed by atoms with Crippen LogP contribution in [-0.4, -0.2) is 17.6 Å². The fraction of sp³-hybridized carbons (Fsp3) is 0.152. The zero-order chi connectivity index (χ0) is 38.5. The van der Waals surface area contributed by atoms with Crippen molar-refractivity contribution in [3.05, 3.63) is 149 Å². The van der Waals surface area contributed by atoms with Gasteiger partial charge in [-0.15, -0.1) is 5.11 Å². The first kappa shape index (κ1) is 36.5. The number of anilines is 3. The van der Waals surface area contributed by atoms with E-state index in [1.165, 1.54) is 0 Å². The third-order valence-electron chi connectivity index (χ3n) is 9.41. The van der Waals surface area contributed by atoms with Gasteiger partial charge in [0.15, 0.2) is 5.75 Å². The highest BCUT2D eigenvalue weighted by Gasteiger charge is 2.14. The standard InChI is InChI=1S/C46H42N6O3/c1-6-20-55-38-17-13-32-12-15-37(26-34(32)27-38)48-46(54)40-21-29(3)42(22-28(40)2)51-52-44-24-30(4)43(23-31(44)5)50-49-41-19-14-33-25-36(16-18-39(33)45(41)53)47-35-10-8-7-9-11-35/h7-19,21-27,47,53H,6,20H2,1-5H3,(H,48,54). The second-order valence-corrected chi connectivity index (χ2v) is 13.7. The van der Waals surface area contributed by atoms with Crippen LogP contribution in [0.2, 0.25) is 0 Å². The number of azo groups is 2. The number of hydrogen-bond donors (Lipinski definition) is 3. The first-order valence-corrected chi connectivity index (χ1v) is 18.3. The lowest BCUT2D eigenvalue weighted by atomic mass is 10.0. The van der Waals surface area contributed by atoms with E-state index in [4.69, 9.17) is 4.74 Å². The lowest BCUT2D eigenvalue weighted by Crippen LogP contribution is -2.13. The summed E-state index contributed by atoms with van der Waals surface area (Å²) in [5.74, 6) is 0.688. The van der Waals surface area contributed by atoms with Crippen molar-refractivity contribution >= 4 is 67.3 Å². The van der Waals surface area contributed by atoms with Crippen molar-refractivity contribution in [2.45, 2.75) is 41.0 Å². The van der Waals surface area contributed by atoms with Crippen LogP contribution < -0.4 is 15.4 Å². The molecule has 7 aromatic carbocycles. The molecule has 0 saturated heterocycles. The number of phenols is 1. The summed E-state index contributed by atoms with van der Waals surface area (Å²) in [5, 5.41) is 39.2. The van der Waals surface area contributed by atoms with E-state index in [2.05, 4.69) is 38.0 Å². The molecule has 274 valence electrons. The van der Waals surface area contributed by atoms with Crippen LogP contribution >= 0.6 is 0 Å². The highest BCUT2D eigenvalue weighted by molar-refractivity contribution is 6.06. The Kier molecular flexibility index (Phi) is 10.6. The maximum atomic E-state index is 13.4. The second kappa shape index (κ2) is 16.0. The number of aryl methyl sites for hydroxylation is 4. The molecule has 0 fully saturated rings. The summed E-state index contributed by atoms with van der Waals surface area (Å²) in [6.45, 7) is 10.4. The number of fused-ring (bicyclic) bond motifs is 2. The van der Waals surface area contributed by atoms with E-state index in [1.807, 2.05) is 143 Å². The number of hydrogen-bond acceptors (Lipinski definition) is 8. The van der Waals surface area contributed by atoms with Crippen molar-refractivity contribution in [3.8, 4) is 11.5 Å². The molecule has 0 bridgehead atoms. The molecule has 0 aliphatic heterocycles. The fourth-order valence-electron chi connectivity index (χ4n) is 6.33. The molecule has 0 radical (unpaired) electrons. The second-order valence-electron chi connectivity index (χ2n) is 13.7. The topological polar surface area (TPSA) is 120 Å². The van der Waals surface area contributed by atoms with Gasteiger partial charge in [0, 0.05) is 28.0 Å². The van der Waals surface area contributed by atoms with E-state index in [1.54, 1.807) is 6.07 Å². The van der Waals surface area contributed by atoms with Crippen LogP contribution in [0.25, 0.3) is 21.5 Å². The number of benzene rings is 7. The molecule has 3 N–H and O–H groups in total. The number of nitrogens with one attached hydrogen (secondary N) is 2. The van der Waals surface area contributed by atoms with Gasteiger partial charge in [0.2, 0.25) is 0 Å². The largest absolute Gasteiger partial charge is 0.505 e. The quantitative estimate of drug-likeness (QED) is 0.115. The molecule has 0 aromatic heterocycles.